The van der Waals surface area contributed by atoms with Crippen molar-refractivity contribution in [3.05, 3.63) is 128 Å². The van der Waals surface area contributed by atoms with Gasteiger partial charge in [0.2, 0.25) is 0 Å². The van der Waals surface area contributed by atoms with Gasteiger partial charge in [-0.15, -0.1) is 0 Å². The van der Waals surface area contributed by atoms with Crippen molar-refractivity contribution < 1.29 is 19.2 Å². The zero-order valence-electron chi connectivity index (χ0n) is 41.2. The highest BCUT2D eigenvalue weighted by Crippen LogP contribution is 2.63. The van der Waals surface area contributed by atoms with Gasteiger partial charge >= 0.3 is 0 Å². The number of imide groups is 2. The van der Waals surface area contributed by atoms with Crippen LogP contribution in [0.4, 0.5) is 11.4 Å². The van der Waals surface area contributed by atoms with Gasteiger partial charge in [0, 0.05) is 33.0 Å². The van der Waals surface area contributed by atoms with Crippen LogP contribution < -0.4 is 9.80 Å². The molecule has 0 N–H and O–H groups in total. The summed E-state index contributed by atoms with van der Waals surface area (Å²) in [5.41, 5.74) is 11.3. The van der Waals surface area contributed by atoms with E-state index < -0.39 is 0 Å². The van der Waals surface area contributed by atoms with Crippen molar-refractivity contribution >= 4 is 78.1 Å². The van der Waals surface area contributed by atoms with Gasteiger partial charge < -0.3 is 0 Å². The van der Waals surface area contributed by atoms with Crippen LogP contribution in [0.5, 0.6) is 0 Å². The van der Waals surface area contributed by atoms with Crippen LogP contribution in [0, 0.1) is 35.5 Å². The summed E-state index contributed by atoms with van der Waals surface area (Å²) >= 11 is 0. The number of amides is 4. The number of carbonyl (C=O) groups excluding carboxylic acids is 4. The third-order valence-electron chi connectivity index (χ3n) is 20.4. The van der Waals surface area contributed by atoms with Crippen molar-refractivity contribution in [1.29, 1.82) is 0 Å². The van der Waals surface area contributed by atoms with Crippen LogP contribution in [0.3, 0.4) is 0 Å². The highest BCUT2D eigenvalue weighted by atomic mass is 16.2. The van der Waals surface area contributed by atoms with Gasteiger partial charge in [-0.3, -0.25) is 19.2 Å². The Kier molecular flexibility index (Phi) is 8.60. The molecule has 6 nitrogen and oxygen atoms in total. The zero-order valence-corrected chi connectivity index (χ0v) is 41.2. The summed E-state index contributed by atoms with van der Waals surface area (Å²) in [6.45, 7) is 8.66. The Hall–Kier alpha value is -5.88. The Bertz CT molecular complexity index is 3080. The number of benzene rings is 7. The van der Waals surface area contributed by atoms with Crippen LogP contribution in [-0.4, -0.2) is 23.6 Å². The molecular formula is C64H62N2O4. The molecule has 8 fully saturated rings. The Labute approximate surface area is 410 Å². The largest absolute Gasteiger partial charge is 0.268 e. The highest BCUT2D eigenvalue weighted by molar-refractivity contribution is 6.45. The number of hydrogen-bond acceptors (Lipinski definition) is 4. The zero-order chi connectivity index (χ0) is 47.3. The lowest BCUT2D eigenvalue weighted by Crippen LogP contribution is -2.48. The SMILES string of the molecule is CCc1cc(C23CC4CC(CC(C4)C2)C3)cc(CC)c1N1C(=O)c2ccc3c4ccc5c6c(ccc(c7ccc(c2c37)C1=O)c64)C(=O)N(c1c(CC)cc(C23CC4CC(CC(C4)C2)C3)cc1CC)C5=O. The summed E-state index contributed by atoms with van der Waals surface area (Å²) in [6.07, 6.45) is 18.9. The summed E-state index contributed by atoms with van der Waals surface area (Å²) in [7, 11) is 0. The molecule has 70 heavy (non-hydrogen) atoms. The van der Waals surface area contributed by atoms with Crippen LogP contribution >= 0.6 is 0 Å². The molecular weight excluding hydrogens is 861 g/mol. The smallest absolute Gasteiger partial charge is 0.266 e. The predicted octanol–water partition coefficient (Wildman–Crippen LogP) is 14.5. The molecule has 2 aliphatic heterocycles. The maximum Gasteiger partial charge on any atom is 0.266 e. The van der Waals surface area contributed by atoms with Crippen LogP contribution in [-0.2, 0) is 36.5 Å². The van der Waals surface area contributed by atoms with Crippen molar-refractivity contribution in [2.24, 2.45) is 35.5 Å². The van der Waals surface area contributed by atoms with Gasteiger partial charge in [-0.2, -0.15) is 0 Å². The average Bonchev–Trinajstić information content (AvgIpc) is 3.35. The molecule has 10 aliphatic rings. The number of carbonyl (C=O) groups is 4. The number of fused-ring (bicyclic) bond motifs is 2. The van der Waals surface area contributed by atoms with Crippen LogP contribution in [0.15, 0.2) is 72.8 Å². The maximum absolute atomic E-state index is 15.2. The van der Waals surface area contributed by atoms with E-state index in [2.05, 4.69) is 52.0 Å². The van der Waals surface area contributed by atoms with E-state index in [9.17, 15) is 0 Å². The van der Waals surface area contributed by atoms with Crippen molar-refractivity contribution in [2.45, 2.75) is 141 Å². The third-order valence-corrected chi connectivity index (χ3v) is 20.4. The normalized spacial score (nSPS) is 29.4. The molecule has 0 aromatic heterocycles. The van der Waals surface area contributed by atoms with E-state index >= 15 is 19.2 Å². The lowest BCUT2D eigenvalue weighted by molar-refractivity contribution is -0.00536. The summed E-state index contributed by atoms with van der Waals surface area (Å²) in [5.74, 6) is 3.86. The van der Waals surface area contributed by atoms with E-state index in [1.165, 1.54) is 98.0 Å². The predicted molar refractivity (Wildman–Crippen MR) is 280 cm³/mol. The first-order chi connectivity index (χ1) is 34.0. The number of nitrogens with zero attached hydrogens (tertiary/aromatic N) is 2. The minimum absolute atomic E-state index is 0.214. The average molecular weight is 923 g/mol. The van der Waals surface area contributed by atoms with Crippen molar-refractivity contribution in [2.75, 3.05) is 9.80 Å². The first kappa shape index (κ1) is 41.9. The maximum atomic E-state index is 15.2. The van der Waals surface area contributed by atoms with E-state index in [0.717, 1.165) is 127 Å². The van der Waals surface area contributed by atoms with Crippen molar-refractivity contribution in [1.82, 2.24) is 0 Å². The molecule has 352 valence electrons. The highest BCUT2D eigenvalue weighted by Gasteiger charge is 2.54. The topological polar surface area (TPSA) is 74.8 Å². The van der Waals surface area contributed by atoms with E-state index in [1.54, 1.807) is 0 Å². The van der Waals surface area contributed by atoms with Gasteiger partial charge in [-0.05, 0) is 239 Å². The van der Waals surface area contributed by atoms with E-state index in [1.807, 2.05) is 48.5 Å². The van der Waals surface area contributed by atoms with E-state index in [-0.39, 0.29) is 34.5 Å². The quantitative estimate of drug-likeness (QED) is 0.0864. The van der Waals surface area contributed by atoms with Gasteiger partial charge in [-0.25, -0.2) is 9.80 Å². The summed E-state index contributed by atoms with van der Waals surface area (Å²) < 4.78 is 0. The standard InChI is InChI=1S/C64H62N2O4/c1-5-39-23-43(63-27-33-17-34(28-63)19-35(18-33)29-63)24-40(6-2)57(39)65-59(67)49-13-9-45-47-11-15-51-56-52(16-12-48(54(47)56)46-10-14-50(60(65)68)55(49)53(45)46)62(70)66(61(51)69)58-41(7-3)25-44(26-42(58)8-4)64-30-36-20-37(31-64)22-38(21-36)32-64/h9-16,23-26,33-38H,5-8,17-22,27-32H2,1-4H3. The number of anilines is 2. The summed E-state index contributed by atoms with van der Waals surface area (Å²) in [6, 6.07) is 25.3. The Morgan fingerprint density at radius 2 is 0.614 bits per heavy atom. The molecule has 7 aromatic rings. The Morgan fingerprint density at radius 1 is 0.371 bits per heavy atom. The van der Waals surface area contributed by atoms with Crippen molar-refractivity contribution in [3.63, 3.8) is 0 Å². The molecule has 8 aliphatic carbocycles. The molecule has 0 unspecified atom stereocenters. The molecule has 4 amide bonds. The Morgan fingerprint density at radius 3 is 0.843 bits per heavy atom. The second-order valence-corrected chi connectivity index (χ2v) is 24.1. The van der Waals surface area contributed by atoms with Gasteiger partial charge in [0.15, 0.2) is 0 Å². The van der Waals surface area contributed by atoms with Gasteiger partial charge in [0.1, 0.15) is 0 Å². The molecule has 7 aromatic carbocycles. The molecule has 0 radical (unpaired) electrons. The second kappa shape index (κ2) is 14.4. The van der Waals surface area contributed by atoms with Gasteiger partial charge in [0.25, 0.3) is 23.6 Å². The molecule has 8 bridgehead atoms. The van der Waals surface area contributed by atoms with Gasteiger partial charge in [-0.1, -0.05) is 76.2 Å². The van der Waals surface area contributed by atoms with Crippen LogP contribution in [0.25, 0.3) is 43.1 Å². The fraction of sp³-hybridized carbons (Fsp3) is 0.438. The second-order valence-electron chi connectivity index (χ2n) is 24.1. The van der Waals surface area contributed by atoms with Gasteiger partial charge in [0.05, 0.1) is 11.4 Å². The molecule has 0 spiro atoms. The molecule has 8 saturated carbocycles. The third kappa shape index (κ3) is 5.36. The lowest BCUT2D eigenvalue weighted by Gasteiger charge is -2.57. The molecule has 0 saturated heterocycles. The van der Waals surface area contributed by atoms with E-state index in [4.69, 9.17) is 0 Å². The first-order valence-corrected chi connectivity index (χ1v) is 27.3. The number of hydrogen-bond donors (Lipinski definition) is 0. The fourth-order valence-electron chi connectivity index (χ4n) is 18.4. The summed E-state index contributed by atoms with van der Waals surface area (Å²) in [4.78, 5) is 63.6. The first-order valence-electron chi connectivity index (χ1n) is 27.3. The fourth-order valence-corrected chi connectivity index (χ4v) is 18.4. The molecule has 2 heterocycles. The number of aryl methyl sites for hydroxylation is 4. The van der Waals surface area contributed by atoms with Crippen LogP contribution in [0.1, 0.15) is 180 Å². The molecule has 6 heteroatoms. The lowest BCUT2D eigenvalue weighted by atomic mass is 9.48. The minimum Gasteiger partial charge on any atom is -0.268 e. The molecule has 0 atom stereocenters. The molecule has 17 rings (SSSR count). The monoisotopic (exact) mass is 922 g/mol. The van der Waals surface area contributed by atoms with Crippen LogP contribution in [0.2, 0.25) is 0 Å². The van der Waals surface area contributed by atoms with E-state index in [0.29, 0.717) is 33.0 Å². The number of rotatable bonds is 8. The Balaban J connectivity index is 0.836. The minimum atomic E-state index is -0.274. The summed E-state index contributed by atoms with van der Waals surface area (Å²) in [5, 5.41) is 6.78. The van der Waals surface area contributed by atoms with Crippen molar-refractivity contribution in [3.8, 4) is 0 Å².